The second kappa shape index (κ2) is 7.99. The van der Waals surface area contributed by atoms with E-state index >= 15 is 0 Å². The molecule has 0 unspecified atom stereocenters. The average Bonchev–Trinajstić information content (AvgIpc) is 2.62. The van der Waals surface area contributed by atoms with Crippen LogP contribution in [0.4, 0.5) is 11.4 Å². The van der Waals surface area contributed by atoms with Crippen LogP contribution in [0.5, 0.6) is 0 Å². The van der Waals surface area contributed by atoms with E-state index in [2.05, 4.69) is 15.6 Å². The Labute approximate surface area is 160 Å². The number of benzene rings is 2. The van der Waals surface area contributed by atoms with Crippen LogP contribution in [0.15, 0.2) is 66.9 Å². The molecule has 7 heteroatoms. The lowest BCUT2D eigenvalue weighted by atomic mass is 10.2. The molecule has 0 saturated heterocycles. The van der Waals surface area contributed by atoms with Crippen molar-refractivity contribution in [3.8, 4) is 0 Å². The van der Waals surface area contributed by atoms with Crippen LogP contribution in [0.2, 0.25) is 10.0 Å². The van der Waals surface area contributed by atoms with Gasteiger partial charge in [-0.1, -0.05) is 41.4 Å². The second-order valence-corrected chi connectivity index (χ2v) is 6.24. The van der Waals surface area contributed by atoms with E-state index in [1.165, 1.54) is 18.3 Å². The maximum atomic E-state index is 12.4. The van der Waals surface area contributed by atoms with Gasteiger partial charge in [-0.15, -0.1) is 0 Å². The van der Waals surface area contributed by atoms with Gasteiger partial charge >= 0.3 is 0 Å². The summed E-state index contributed by atoms with van der Waals surface area (Å²) in [6, 6.07) is 16.6. The summed E-state index contributed by atoms with van der Waals surface area (Å²) in [5.41, 5.74) is 1.52. The van der Waals surface area contributed by atoms with Crippen molar-refractivity contribution in [2.24, 2.45) is 0 Å². The van der Waals surface area contributed by atoms with Gasteiger partial charge in [-0.2, -0.15) is 0 Å². The van der Waals surface area contributed by atoms with E-state index in [0.29, 0.717) is 21.4 Å². The third-order valence-electron chi connectivity index (χ3n) is 3.41. The third-order valence-corrected chi connectivity index (χ3v) is 3.84. The van der Waals surface area contributed by atoms with Gasteiger partial charge in [0.25, 0.3) is 11.8 Å². The minimum atomic E-state index is -0.406. The number of carbonyl (C=O) groups is 2. The van der Waals surface area contributed by atoms with Gasteiger partial charge in [-0.05, 0) is 42.5 Å². The lowest BCUT2D eigenvalue weighted by Gasteiger charge is -2.08. The number of halogens is 2. The van der Waals surface area contributed by atoms with E-state index in [9.17, 15) is 9.59 Å². The highest BCUT2D eigenvalue weighted by Gasteiger charge is 2.13. The van der Waals surface area contributed by atoms with Crippen molar-refractivity contribution in [1.29, 1.82) is 0 Å². The zero-order valence-corrected chi connectivity index (χ0v) is 14.9. The number of hydrogen-bond donors (Lipinski definition) is 2. The van der Waals surface area contributed by atoms with Crippen LogP contribution < -0.4 is 10.6 Å². The minimum absolute atomic E-state index is 0.130. The van der Waals surface area contributed by atoms with Crippen LogP contribution in [0.3, 0.4) is 0 Å². The molecule has 0 spiro atoms. The molecule has 0 saturated carbocycles. The Bertz CT molecular complexity index is 942. The van der Waals surface area contributed by atoms with Gasteiger partial charge in [0.2, 0.25) is 0 Å². The van der Waals surface area contributed by atoms with Gasteiger partial charge in [-0.3, -0.25) is 14.6 Å². The standard InChI is InChI=1S/C19H13Cl2N3O2/c20-13-9-14(21)11-16(10-13)24-18(25)12-6-7-22-17(8-12)19(26)23-15-4-2-1-3-5-15/h1-11H,(H,23,26)(H,24,25). The summed E-state index contributed by atoms with van der Waals surface area (Å²) in [6.07, 6.45) is 1.40. The highest BCUT2D eigenvalue weighted by molar-refractivity contribution is 6.35. The van der Waals surface area contributed by atoms with E-state index in [1.54, 1.807) is 30.3 Å². The molecule has 2 aromatic carbocycles. The maximum Gasteiger partial charge on any atom is 0.274 e. The number of pyridine rings is 1. The number of anilines is 2. The van der Waals surface area contributed by atoms with Crippen LogP contribution in [-0.4, -0.2) is 16.8 Å². The number of hydrogen-bond acceptors (Lipinski definition) is 3. The number of rotatable bonds is 4. The van der Waals surface area contributed by atoms with E-state index in [4.69, 9.17) is 23.2 Å². The predicted molar refractivity (Wildman–Crippen MR) is 103 cm³/mol. The van der Waals surface area contributed by atoms with Crippen molar-refractivity contribution in [3.05, 3.63) is 88.2 Å². The minimum Gasteiger partial charge on any atom is -0.322 e. The molecule has 3 aromatic rings. The largest absolute Gasteiger partial charge is 0.322 e. The smallest absolute Gasteiger partial charge is 0.274 e. The van der Waals surface area contributed by atoms with Crippen molar-refractivity contribution >= 4 is 46.4 Å². The van der Waals surface area contributed by atoms with Gasteiger partial charge in [0.1, 0.15) is 5.69 Å². The first-order valence-corrected chi connectivity index (χ1v) is 8.37. The fourth-order valence-corrected chi connectivity index (χ4v) is 2.77. The molecule has 5 nitrogen and oxygen atoms in total. The number of nitrogens with zero attached hydrogens (tertiary/aromatic N) is 1. The molecule has 130 valence electrons. The van der Waals surface area contributed by atoms with Crippen molar-refractivity contribution < 1.29 is 9.59 Å². The summed E-state index contributed by atoms with van der Waals surface area (Å²) >= 11 is 11.8. The maximum absolute atomic E-state index is 12.4. The first-order valence-electron chi connectivity index (χ1n) is 7.61. The quantitative estimate of drug-likeness (QED) is 0.671. The highest BCUT2D eigenvalue weighted by atomic mass is 35.5. The van der Waals surface area contributed by atoms with Crippen molar-refractivity contribution in [2.75, 3.05) is 10.6 Å². The summed E-state index contributed by atoms with van der Waals surface area (Å²) < 4.78 is 0. The molecule has 1 heterocycles. The number of para-hydroxylation sites is 1. The fraction of sp³-hybridized carbons (Fsp3) is 0. The fourth-order valence-electron chi connectivity index (χ4n) is 2.24. The first-order chi connectivity index (χ1) is 12.5. The molecule has 1 aromatic heterocycles. The highest BCUT2D eigenvalue weighted by Crippen LogP contribution is 2.23. The van der Waals surface area contributed by atoms with Crippen molar-refractivity contribution in [3.63, 3.8) is 0 Å². The van der Waals surface area contributed by atoms with Crippen LogP contribution in [0, 0.1) is 0 Å². The number of carbonyl (C=O) groups excluding carboxylic acids is 2. The zero-order valence-electron chi connectivity index (χ0n) is 13.4. The number of aromatic nitrogens is 1. The van der Waals surface area contributed by atoms with Crippen molar-refractivity contribution in [2.45, 2.75) is 0 Å². The van der Waals surface area contributed by atoms with E-state index in [-0.39, 0.29) is 11.3 Å². The summed E-state index contributed by atoms with van der Waals surface area (Å²) in [5, 5.41) is 6.23. The molecular weight excluding hydrogens is 373 g/mol. The van der Waals surface area contributed by atoms with E-state index < -0.39 is 11.8 Å². The Kier molecular flexibility index (Phi) is 5.51. The topological polar surface area (TPSA) is 71.1 Å². The Morgan fingerprint density at radius 1 is 0.769 bits per heavy atom. The monoisotopic (exact) mass is 385 g/mol. The Hall–Kier alpha value is -2.89. The normalized spacial score (nSPS) is 10.2. The van der Waals surface area contributed by atoms with Gasteiger partial charge < -0.3 is 10.6 Å². The lowest BCUT2D eigenvalue weighted by Crippen LogP contribution is -2.17. The Balaban J connectivity index is 1.75. The van der Waals surface area contributed by atoms with Crippen LogP contribution in [0.1, 0.15) is 20.8 Å². The SMILES string of the molecule is O=C(Nc1cc(Cl)cc(Cl)c1)c1ccnc(C(=O)Nc2ccccc2)c1. The van der Waals surface area contributed by atoms with Gasteiger partial charge in [0.05, 0.1) is 0 Å². The molecule has 0 atom stereocenters. The first kappa shape index (κ1) is 17.9. The molecule has 0 aliphatic heterocycles. The molecule has 0 aliphatic rings. The Morgan fingerprint density at radius 3 is 2.12 bits per heavy atom. The molecular formula is C19H13Cl2N3O2. The van der Waals surface area contributed by atoms with Gasteiger partial charge in [0, 0.05) is 33.2 Å². The van der Waals surface area contributed by atoms with Crippen molar-refractivity contribution in [1.82, 2.24) is 4.98 Å². The lowest BCUT2D eigenvalue weighted by molar-refractivity contribution is 0.102. The summed E-state index contributed by atoms with van der Waals surface area (Å²) in [4.78, 5) is 28.7. The predicted octanol–water partition coefficient (Wildman–Crippen LogP) is 4.89. The van der Waals surface area contributed by atoms with Crippen LogP contribution >= 0.6 is 23.2 Å². The summed E-state index contributed by atoms with van der Waals surface area (Å²) in [6.45, 7) is 0. The van der Waals surface area contributed by atoms with Crippen LogP contribution in [0.25, 0.3) is 0 Å². The molecule has 2 amide bonds. The third kappa shape index (κ3) is 4.59. The molecule has 0 aliphatic carbocycles. The molecule has 0 radical (unpaired) electrons. The molecule has 0 fully saturated rings. The Morgan fingerprint density at radius 2 is 1.42 bits per heavy atom. The zero-order chi connectivity index (χ0) is 18.5. The average molecular weight is 386 g/mol. The van der Waals surface area contributed by atoms with Gasteiger partial charge in [-0.25, -0.2) is 0 Å². The number of amides is 2. The van der Waals surface area contributed by atoms with Crippen LogP contribution in [-0.2, 0) is 0 Å². The molecule has 2 N–H and O–H groups in total. The number of nitrogens with one attached hydrogen (secondary N) is 2. The summed E-state index contributed by atoms with van der Waals surface area (Å²) in [5.74, 6) is -0.809. The second-order valence-electron chi connectivity index (χ2n) is 5.36. The summed E-state index contributed by atoms with van der Waals surface area (Å²) in [7, 11) is 0. The van der Waals surface area contributed by atoms with E-state index in [1.807, 2.05) is 18.2 Å². The molecule has 0 bridgehead atoms. The van der Waals surface area contributed by atoms with E-state index in [0.717, 1.165) is 0 Å². The molecule has 26 heavy (non-hydrogen) atoms. The molecule has 3 rings (SSSR count). The van der Waals surface area contributed by atoms with Gasteiger partial charge in [0.15, 0.2) is 0 Å².